The summed E-state index contributed by atoms with van der Waals surface area (Å²) in [4.78, 5) is 0. The first-order chi connectivity index (χ1) is 11.8. The number of hydrogen-bond acceptors (Lipinski definition) is 4. The summed E-state index contributed by atoms with van der Waals surface area (Å²) in [5.74, 6) is -0.000304. The fourth-order valence-electron chi connectivity index (χ4n) is 2.78. The Kier molecular flexibility index (Phi) is 7.88. The molecule has 3 aromatic rings. The largest absolute Gasteiger partial charge is 0.388 e. The Balaban J connectivity index is 0.00000225. The number of rotatable bonds is 7. The van der Waals surface area contributed by atoms with E-state index >= 15 is 0 Å². The van der Waals surface area contributed by atoms with E-state index in [1.54, 1.807) is 22.7 Å². The van der Waals surface area contributed by atoms with Gasteiger partial charge in [-0.15, -0.1) is 12.4 Å². The van der Waals surface area contributed by atoms with Crippen molar-refractivity contribution in [1.29, 1.82) is 0 Å². The number of benzene rings is 1. The molecule has 0 fully saturated rings. The summed E-state index contributed by atoms with van der Waals surface area (Å²) in [6.07, 6.45) is 2.42. The number of allylic oxidation sites excluding steroid dienone is 1. The molecular weight excluding hydrogens is 370 g/mol. The minimum absolute atomic E-state index is 0. The van der Waals surface area contributed by atoms with Crippen LogP contribution in [0.5, 0.6) is 0 Å². The van der Waals surface area contributed by atoms with E-state index in [0.717, 1.165) is 12.0 Å². The molecule has 0 bridgehead atoms. The van der Waals surface area contributed by atoms with Gasteiger partial charge < -0.3 is 10.8 Å². The quantitative estimate of drug-likeness (QED) is 0.569. The number of aliphatic hydroxyl groups is 1. The Morgan fingerprint density at radius 3 is 2.08 bits per heavy atom. The second kappa shape index (κ2) is 9.90. The monoisotopic (exact) mass is 391 g/mol. The predicted octanol–water partition coefficient (Wildman–Crippen LogP) is 5.36. The third kappa shape index (κ3) is 5.03. The summed E-state index contributed by atoms with van der Waals surface area (Å²) >= 11 is 3.39. The van der Waals surface area contributed by atoms with Gasteiger partial charge in [0.1, 0.15) is 0 Å². The molecule has 3 N–H and O–H groups in total. The maximum absolute atomic E-state index is 10.6. The van der Waals surface area contributed by atoms with Crippen molar-refractivity contribution in [3.63, 3.8) is 0 Å². The van der Waals surface area contributed by atoms with Crippen LogP contribution in [0.25, 0.3) is 5.57 Å². The van der Waals surface area contributed by atoms with Gasteiger partial charge in [-0.05, 0) is 68.9 Å². The lowest BCUT2D eigenvalue weighted by atomic mass is 9.90. The van der Waals surface area contributed by atoms with Crippen LogP contribution in [0.15, 0.2) is 70.1 Å². The van der Waals surface area contributed by atoms with Gasteiger partial charge in [0.25, 0.3) is 0 Å². The predicted molar refractivity (Wildman–Crippen MR) is 112 cm³/mol. The molecule has 0 radical (unpaired) electrons. The molecule has 2 nitrogen and oxygen atoms in total. The van der Waals surface area contributed by atoms with Gasteiger partial charge >= 0.3 is 0 Å². The molecule has 25 heavy (non-hydrogen) atoms. The lowest BCUT2D eigenvalue weighted by molar-refractivity contribution is 0.113. The zero-order valence-electron chi connectivity index (χ0n) is 13.7. The van der Waals surface area contributed by atoms with Crippen LogP contribution >= 0.6 is 35.1 Å². The summed E-state index contributed by atoms with van der Waals surface area (Å²) in [5.41, 5.74) is 10.5. The summed E-state index contributed by atoms with van der Waals surface area (Å²) in [6, 6.07) is 14.0. The molecule has 0 aliphatic carbocycles. The van der Waals surface area contributed by atoms with Gasteiger partial charge in [0, 0.05) is 5.92 Å². The van der Waals surface area contributed by atoms with E-state index in [-0.39, 0.29) is 18.3 Å². The molecule has 132 valence electrons. The van der Waals surface area contributed by atoms with Crippen LogP contribution in [0.2, 0.25) is 0 Å². The molecule has 2 aromatic heterocycles. The van der Waals surface area contributed by atoms with Gasteiger partial charge in [0.05, 0.1) is 6.10 Å². The average Bonchev–Trinajstić information content (AvgIpc) is 3.33. The number of thiophene rings is 2. The average molecular weight is 392 g/mol. The van der Waals surface area contributed by atoms with Crippen molar-refractivity contribution in [2.24, 2.45) is 11.7 Å². The fourth-order valence-corrected chi connectivity index (χ4v) is 4.10. The van der Waals surface area contributed by atoms with Gasteiger partial charge in [-0.2, -0.15) is 22.7 Å². The Labute approximate surface area is 163 Å². The van der Waals surface area contributed by atoms with Crippen LogP contribution in [-0.4, -0.2) is 11.7 Å². The van der Waals surface area contributed by atoms with E-state index in [9.17, 15) is 5.11 Å². The Morgan fingerprint density at radius 1 is 1.00 bits per heavy atom. The molecule has 0 amide bonds. The minimum Gasteiger partial charge on any atom is -0.388 e. The lowest BCUT2D eigenvalue weighted by Crippen LogP contribution is -2.21. The summed E-state index contributed by atoms with van der Waals surface area (Å²) in [5, 5.41) is 19.2. The van der Waals surface area contributed by atoms with Crippen molar-refractivity contribution in [2.75, 3.05) is 6.54 Å². The SMILES string of the molecule is Cl.NCC(CC=C(c1ccsc1)c1ccsc1)C(O)c1ccccc1. The summed E-state index contributed by atoms with van der Waals surface area (Å²) in [6.45, 7) is 0.452. The van der Waals surface area contributed by atoms with E-state index in [0.29, 0.717) is 6.54 Å². The molecule has 0 aliphatic heterocycles. The Hall–Kier alpha value is -1.43. The molecule has 1 aromatic carbocycles. The molecule has 3 rings (SSSR count). The van der Waals surface area contributed by atoms with Crippen LogP contribution in [0, 0.1) is 5.92 Å². The topological polar surface area (TPSA) is 46.2 Å². The van der Waals surface area contributed by atoms with E-state index in [4.69, 9.17) is 5.73 Å². The number of hydrogen-bond donors (Lipinski definition) is 2. The van der Waals surface area contributed by atoms with Crippen molar-refractivity contribution in [2.45, 2.75) is 12.5 Å². The first kappa shape index (κ1) is 19.9. The van der Waals surface area contributed by atoms with Crippen molar-refractivity contribution < 1.29 is 5.11 Å². The zero-order valence-corrected chi connectivity index (χ0v) is 16.2. The third-order valence-electron chi connectivity index (χ3n) is 4.18. The van der Waals surface area contributed by atoms with Crippen LogP contribution in [0.1, 0.15) is 29.2 Å². The highest BCUT2D eigenvalue weighted by Crippen LogP contribution is 2.30. The smallest absolute Gasteiger partial charge is 0.0833 e. The Bertz CT molecular complexity index is 718. The lowest BCUT2D eigenvalue weighted by Gasteiger charge is -2.21. The highest BCUT2D eigenvalue weighted by Gasteiger charge is 2.19. The van der Waals surface area contributed by atoms with Crippen LogP contribution in [0.3, 0.4) is 0 Å². The second-order valence-corrected chi connectivity index (χ2v) is 7.29. The van der Waals surface area contributed by atoms with E-state index in [1.807, 2.05) is 30.3 Å². The number of nitrogens with two attached hydrogens (primary N) is 1. The molecule has 2 atom stereocenters. The zero-order chi connectivity index (χ0) is 16.8. The molecule has 0 aliphatic rings. The first-order valence-corrected chi connectivity index (χ1v) is 9.86. The molecule has 0 spiro atoms. The van der Waals surface area contributed by atoms with Gasteiger partial charge in [0.2, 0.25) is 0 Å². The van der Waals surface area contributed by atoms with Crippen LogP contribution in [0.4, 0.5) is 0 Å². The van der Waals surface area contributed by atoms with Crippen molar-refractivity contribution in [3.05, 3.63) is 86.8 Å². The summed E-state index contributed by atoms with van der Waals surface area (Å²) in [7, 11) is 0. The molecule has 0 saturated carbocycles. The summed E-state index contributed by atoms with van der Waals surface area (Å²) < 4.78 is 0. The Morgan fingerprint density at radius 2 is 1.60 bits per heavy atom. The minimum atomic E-state index is -0.543. The van der Waals surface area contributed by atoms with Crippen LogP contribution in [-0.2, 0) is 0 Å². The second-order valence-electron chi connectivity index (χ2n) is 5.73. The van der Waals surface area contributed by atoms with Gasteiger partial charge in [-0.3, -0.25) is 0 Å². The maximum atomic E-state index is 10.6. The third-order valence-corrected chi connectivity index (χ3v) is 5.55. The van der Waals surface area contributed by atoms with E-state index < -0.39 is 6.10 Å². The van der Waals surface area contributed by atoms with Crippen molar-refractivity contribution >= 4 is 40.7 Å². The fraction of sp³-hybridized carbons (Fsp3) is 0.200. The highest BCUT2D eigenvalue weighted by atomic mass is 35.5. The molecule has 0 saturated heterocycles. The number of aliphatic hydroxyl groups excluding tert-OH is 1. The van der Waals surface area contributed by atoms with E-state index in [2.05, 4.69) is 39.7 Å². The van der Waals surface area contributed by atoms with E-state index in [1.165, 1.54) is 16.7 Å². The maximum Gasteiger partial charge on any atom is 0.0833 e. The van der Waals surface area contributed by atoms with Gasteiger partial charge in [-0.1, -0.05) is 36.4 Å². The molecule has 2 heterocycles. The van der Waals surface area contributed by atoms with Crippen LogP contribution < -0.4 is 5.73 Å². The molecular formula is C20H22ClNOS2. The first-order valence-electron chi connectivity index (χ1n) is 7.98. The molecule has 5 heteroatoms. The van der Waals surface area contributed by atoms with Gasteiger partial charge in [-0.25, -0.2) is 0 Å². The number of halogens is 1. The normalized spacial score (nSPS) is 12.9. The van der Waals surface area contributed by atoms with Crippen molar-refractivity contribution in [3.8, 4) is 0 Å². The standard InChI is InChI=1S/C20H21NOS2.ClH/c21-12-16(20(22)15-4-2-1-3-5-15)6-7-19(17-8-10-23-13-17)18-9-11-24-14-18;/h1-5,7-11,13-14,16,20,22H,6,12,21H2;1H. The van der Waals surface area contributed by atoms with Crippen molar-refractivity contribution in [1.82, 2.24) is 0 Å². The van der Waals surface area contributed by atoms with Gasteiger partial charge in [0.15, 0.2) is 0 Å². The highest BCUT2D eigenvalue weighted by molar-refractivity contribution is 7.08. The molecule has 2 unspecified atom stereocenters.